The van der Waals surface area contributed by atoms with E-state index in [0.29, 0.717) is 4.47 Å². The van der Waals surface area contributed by atoms with Crippen LogP contribution < -0.4 is 4.72 Å². The number of anilines is 1. The molecular weight excluding hydrogens is 366 g/mol. The van der Waals surface area contributed by atoms with Crippen molar-refractivity contribution in [2.45, 2.75) is 4.90 Å². The highest BCUT2D eigenvalue weighted by Crippen LogP contribution is 2.22. The third kappa shape index (κ3) is 3.28. The lowest BCUT2D eigenvalue weighted by Crippen LogP contribution is -2.13. The Morgan fingerprint density at radius 2 is 2.05 bits per heavy atom. The van der Waals surface area contributed by atoms with Crippen LogP contribution in [-0.2, 0) is 10.0 Å². The Morgan fingerprint density at radius 3 is 2.70 bits per heavy atom. The van der Waals surface area contributed by atoms with Crippen LogP contribution in [0.2, 0.25) is 5.02 Å². The summed E-state index contributed by atoms with van der Waals surface area (Å²) in [6, 6.07) is 7.61. The smallest absolute Gasteiger partial charge is 0.263 e. The third-order valence-corrected chi connectivity index (χ3v) is 4.44. The van der Waals surface area contributed by atoms with Gasteiger partial charge in [0.05, 0.1) is 16.3 Å². The van der Waals surface area contributed by atoms with Gasteiger partial charge in [-0.2, -0.15) is 5.26 Å². The van der Waals surface area contributed by atoms with Gasteiger partial charge in [0.15, 0.2) is 0 Å². The molecule has 0 atom stereocenters. The number of halogens is 2. The summed E-state index contributed by atoms with van der Waals surface area (Å²) in [5.41, 5.74) is 0.449. The second-order valence-corrected chi connectivity index (χ2v) is 6.76. The molecule has 0 aliphatic rings. The minimum absolute atomic E-state index is 0.0142. The molecule has 1 aromatic carbocycles. The molecule has 0 fully saturated rings. The van der Waals surface area contributed by atoms with Crippen LogP contribution in [0.25, 0.3) is 0 Å². The molecule has 1 heterocycles. The first-order valence-electron chi connectivity index (χ1n) is 5.25. The Kier molecular flexibility index (Phi) is 4.28. The Labute approximate surface area is 129 Å². The van der Waals surface area contributed by atoms with Gasteiger partial charge in [-0.1, -0.05) is 11.6 Å². The number of nitrogens with one attached hydrogen (secondary N) is 1. The van der Waals surface area contributed by atoms with E-state index in [1.54, 1.807) is 0 Å². The zero-order valence-corrected chi connectivity index (χ0v) is 13.0. The lowest BCUT2D eigenvalue weighted by molar-refractivity contribution is 0.600. The molecule has 0 amide bonds. The number of sulfonamides is 1. The molecule has 0 saturated carbocycles. The first-order valence-corrected chi connectivity index (χ1v) is 7.91. The second-order valence-electron chi connectivity index (χ2n) is 3.75. The van der Waals surface area contributed by atoms with E-state index < -0.39 is 10.0 Å². The Hall–Kier alpha value is -1.62. The lowest BCUT2D eigenvalue weighted by atomic mass is 10.2. The van der Waals surface area contributed by atoms with Crippen molar-refractivity contribution in [1.29, 1.82) is 5.26 Å². The number of nitriles is 1. The summed E-state index contributed by atoms with van der Waals surface area (Å²) in [5, 5.41) is 9.13. The van der Waals surface area contributed by atoms with E-state index >= 15 is 0 Å². The van der Waals surface area contributed by atoms with Crippen molar-refractivity contribution in [3.8, 4) is 6.07 Å². The van der Waals surface area contributed by atoms with E-state index in [1.807, 2.05) is 6.07 Å². The predicted octanol–water partition coefficient (Wildman–Crippen LogP) is 3.17. The first-order chi connectivity index (χ1) is 9.42. The maximum absolute atomic E-state index is 12.2. The average Bonchev–Trinajstić information content (AvgIpc) is 2.40. The van der Waals surface area contributed by atoms with Gasteiger partial charge >= 0.3 is 0 Å². The highest BCUT2D eigenvalue weighted by atomic mass is 79.9. The normalized spacial score (nSPS) is 10.8. The molecular formula is C12H7BrClN3O2S. The molecule has 0 spiro atoms. The molecule has 2 rings (SSSR count). The molecule has 102 valence electrons. The number of benzene rings is 1. The third-order valence-electron chi connectivity index (χ3n) is 2.33. The molecule has 2 aromatic rings. The van der Waals surface area contributed by atoms with Crippen LogP contribution in [-0.4, -0.2) is 13.4 Å². The van der Waals surface area contributed by atoms with Crippen molar-refractivity contribution in [3.05, 3.63) is 51.7 Å². The second kappa shape index (κ2) is 5.79. The fraction of sp³-hybridized carbons (Fsp3) is 0. The van der Waals surface area contributed by atoms with Crippen molar-refractivity contribution in [2.24, 2.45) is 0 Å². The minimum Gasteiger partial charge on any atom is -0.280 e. The average molecular weight is 373 g/mol. The lowest BCUT2D eigenvalue weighted by Gasteiger charge is -2.08. The van der Waals surface area contributed by atoms with Crippen LogP contribution >= 0.6 is 27.5 Å². The standard InChI is InChI=1S/C12H7BrClN3O2S/c13-9-4-11(7-16-6-9)20(18,19)17-10-1-2-12(14)8(3-10)5-15/h1-4,6-7,17H. The van der Waals surface area contributed by atoms with Crippen LogP contribution in [0.1, 0.15) is 5.56 Å². The van der Waals surface area contributed by atoms with Gasteiger partial charge in [0, 0.05) is 16.9 Å². The van der Waals surface area contributed by atoms with Crippen LogP contribution in [0.15, 0.2) is 46.0 Å². The van der Waals surface area contributed by atoms with Gasteiger partial charge in [0.2, 0.25) is 0 Å². The summed E-state index contributed by atoms with van der Waals surface area (Å²) in [7, 11) is -3.77. The number of nitrogens with zero attached hydrogens (tertiary/aromatic N) is 2. The summed E-state index contributed by atoms with van der Waals surface area (Å²) in [4.78, 5) is 3.81. The van der Waals surface area contributed by atoms with Crippen molar-refractivity contribution >= 4 is 43.2 Å². The van der Waals surface area contributed by atoms with Crippen LogP contribution in [0.3, 0.4) is 0 Å². The summed E-state index contributed by atoms with van der Waals surface area (Å²) in [5.74, 6) is 0. The van der Waals surface area contributed by atoms with Crippen molar-refractivity contribution in [1.82, 2.24) is 4.98 Å². The molecule has 1 N–H and O–H groups in total. The largest absolute Gasteiger partial charge is 0.280 e. The Bertz CT molecular complexity index is 803. The van der Waals surface area contributed by atoms with Crippen LogP contribution in [0.4, 0.5) is 5.69 Å². The number of aromatic nitrogens is 1. The molecule has 0 unspecified atom stereocenters. The van der Waals surface area contributed by atoms with Crippen LogP contribution in [0, 0.1) is 11.3 Å². The van der Waals surface area contributed by atoms with E-state index in [9.17, 15) is 8.42 Å². The number of rotatable bonds is 3. The number of hydrogen-bond donors (Lipinski definition) is 1. The molecule has 0 radical (unpaired) electrons. The monoisotopic (exact) mass is 371 g/mol. The summed E-state index contributed by atoms with van der Waals surface area (Å²) >= 11 is 8.95. The van der Waals surface area contributed by atoms with E-state index in [4.69, 9.17) is 16.9 Å². The molecule has 1 aromatic heterocycles. The van der Waals surface area contributed by atoms with E-state index in [1.165, 1.54) is 36.7 Å². The first kappa shape index (κ1) is 14.8. The van der Waals surface area contributed by atoms with Gasteiger partial charge in [0.25, 0.3) is 10.0 Å². The SMILES string of the molecule is N#Cc1cc(NS(=O)(=O)c2cncc(Br)c2)ccc1Cl. The molecule has 0 aliphatic carbocycles. The molecule has 0 bridgehead atoms. The number of hydrogen-bond acceptors (Lipinski definition) is 4. The highest BCUT2D eigenvalue weighted by molar-refractivity contribution is 9.10. The van der Waals surface area contributed by atoms with Gasteiger partial charge in [-0.15, -0.1) is 0 Å². The molecule has 20 heavy (non-hydrogen) atoms. The molecule has 5 nitrogen and oxygen atoms in total. The fourth-order valence-corrected chi connectivity index (χ4v) is 3.14. The van der Waals surface area contributed by atoms with Crippen LogP contribution in [0.5, 0.6) is 0 Å². The van der Waals surface area contributed by atoms with Crippen molar-refractivity contribution < 1.29 is 8.42 Å². The maximum Gasteiger partial charge on any atom is 0.263 e. The zero-order valence-electron chi connectivity index (χ0n) is 9.84. The quantitative estimate of drug-likeness (QED) is 0.897. The fourth-order valence-electron chi connectivity index (χ4n) is 1.43. The zero-order chi connectivity index (χ0) is 14.8. The topological polar surface area (TPSA) is 82.9 Å². The Balaban J connectivity index is 2.36. The predicted molar refractivity (Wildman–Crippen MR) is 78.9 cm³/mol. The number of pyridine rings is 1. The van der Waals surface area contributed by atoms with Crippen molar-refractivity contribution in [3.63, 3.8) is 0 Å². The van der Waals surface area contributed by atoms with Gasteiger partial charge < -0.3 is 0 Å². The molecule has 0 saturated heterocycles. The summed E-state index contributed by atoms with van der Waals surface area (Å²) in [6.07, 6.45) is 2.71. The minimum atomic E-state index is -3.77. The van der Waals surface area contributed by atoms with Gasteiger partial charge in [-0.25, -0.2) is 8.42 Å². The van der Waals surface area contributed by atoms with E-state index in [-0.39, 0.29) is 21.2 Å². The molecule has 8 heteroatoms. The summed E-state index contributed by atoms with van der Waals surface area (Å²) in [6.45, 7) is 0. The van der Waals surface area contributed by atoms with E-state index in [0.717, 1.165) is 0 Å². The van der Waals surface area contributed by atoms with Crippen molar-refractivity contribution in [2.75, 3.05) is 4.72 Å². The maximum atomic E-state index is 12.2. The highest BCUT2D eigenvalue weighted by Gasteiger charge is 2.15. The van der Waals surface area contributed by atoms with E-state index in [2.05, 4.69) is 25.6 Å². The Morgan fingerprint density at radius 1 is 1.30 bits per heavy atom. The molecule has 0 aliphatic heterocycles. The van der Waals surface area contributed by atoms with Gasteiger partial charge in [0.1, 0.15) is 11.0 Å². The summed E-state index contributed by atoms with van der Waals surface area (Å²) < 4.78 is 27.2. The van der Waals surface area contributed by atoms with Gasteiger partial charge in [-0.3, -0.25) is 9.71 Å². The van der Waals surface area contributed by atoms with Gasteiger partial charge in [-0.05, 0) is 40.2 Å².